The molecule has 3 nitrogen and oxygen atoms in total. The minimum Gasteiger partial charge on any atom is -0.382 e. The van der Waals surface area contributed by atoms with E-state index in [0.29, 0.717) is 16.7 Å². The summed E-state index contributed by atoms with van der Waals surface area (Å²) in [7, 11) is -2.18. The van der Waals surface area contributed by atoms with Crippen LogP contribution in [0.4, 0.5) is 5.69 Å². The first-order valence-corrected chi connectivity index (χ1v) is 7.41. The maximum atomic E-state index is 12.2. The zero-order chi connectivity index (χ0) is 11.9. The van der Waals surface area contributed by atoms with Gasteiger partial charge in [0.05, 0.1) is 5.69 Å². The van der Waals surface area contributed by atoms with Crippen LogP contribution in [0.3, 0.4) is 0 Å². The van der Waals surface area contributed by atoms with Gasteiger partial charge >= 0.3 is 0 Å². The van der Waals surface area contributed by atoms with E-state index >= 15 is 0 Å². The van der Waals surface area contributed by atoms with Gasteiger partial charge < -0.3 is 5.32 Å². The molecule has 1 atom stereocenters. The molecule has 2 rings (SSSR count). The number of pyridine rings is 1. The summed E-state index contributed by atoms with van der Waals surface area (Å²) in [6, 6.07) is 0. The highest BCUT2D eigenvalue weighted by molar-refractivity contribution is 8.00. The summed E-state index contributed by atoms with van der Waals surface area (Å²) in [5.74, 6) is 4.82. The van der Waals surface area contributed by atoms with Crippen LogP contribution in [-0.4, -0.2) is 27.4 Å². The molecule has 1 aliphatic heterocycles. The fraction of sp³-hybridized carbons (Fsp3) is 0.500. The van der Waals surface area contributed by atoms with Crippen molar-refractivity contribution in [3.8, 4) is 0 Å². The van der Waals surface area contributed by atoms with Gasteiger partial charge in [-0.05, 0) is 29.8 Å². The average molecular weight is 238 g/mol. The molecule has 2 heterocycles. The summed E-state index contributed by atoms with van der Waals surface area (Å²) in [5.41, 5.74) is 3.32. The molecule has 0 aromatic carbocycles. The number of nitrogens with one attached hydrogen (secondary N) is 1. The molecule has 0 aliphatic carbocycles. The van der Waals surface area contributed by atoms with E-state index in [1.165, 1.54) is 5.56 Å². The Bertz CT molecular complexity index is 518. The molecule has 0 spiro atoms. The molecule has 88 valence electrons. The van der Waals surface area contributed by atoms with Crippen LogP contribution < -0.4 is 5.32 Å². The topological polar surface area (TPSA) is 42.0 Å². The van der Waals surface area contributed by atoms with Crippen molar-refractivity contribution in [1.29, 1.82) is 0 Å². The molecule has 1 aliphatic rings. The van der Waals surface area contributed by atoms with Crippen molar-refractivity contribution in [1.82, 2.24) is 4.98 Å². The maximum Gasteiger partial charge on any atom is 0.142 e. The van der Waals surface area contributed by atoms with Crippen LogP contribution in [0.2, 0.25) is 0 Å². The SMILES string of the molecule is C=S1(=O)CCNc2c1ncc(C(C)C)c2C. The molecule has 0 saturated carbocycles. The predicted octanol–water partition coefficient (Wildman–Crippen LogP) is 2.01. The maximum absolute atomic E-state index is 12.2. The van der Waals surface area contributed by atoms with E-state index in [4.69, 9.17) is 0 Å². The highest BCUT2D eigenvalue weighted by Crippen LogP contribution is 2.32. The van der Waals surface area contributed by atoms with Gasteiger partial charge in [0.1, 0.15) is 5.03 Å². The second-order valence-corrected chi connectivity index (χ2v) is 7.03. The van der Waals surface area contributed by atoms with Crippen LogP contribution in [0.15, 0.2) is 11.2 Å². The zero-order valence-electron chi connectivity index (χ0n) is 10.0. The van der Waals surface area contributed by atoms with E-state index in [0.717, 1.165) is 17.8 Å². The lowest BCUT2D eigenvalue weighted by Crippen LogP contribution is -2.25. The molecular formula is C12H18N2OS. The van der Waals surface area contributed by atoms with E-state index in [-0.39, 0.29) is 0 Å². The molecule has 0 bridgehead atoms. The number of aromatic nitrogens is 1. The standard InChI is InChI=1S/C12H18N2OS/c1-8(2)10-7-14-12-11(9(10)3)13-5-6-16(12,4)15/h7-8,13H,4-6H2,1-3H3. The molecule has 4 heteroatoms. The third-order valence-electron chi connectivity index (χ3n) is 3.05. The van der Waals surface area contributed by atoms with Gasteiger partial charge in [-0.1, -0.05) is 13.8 Å². The van der Waals surface area contributed by atoms with E-state index in [9.17, 15) is 4.21 Å². The van der Waals surface area contributed by atoms with E-state index < -0.39 is 9.52 Å². The number of nitrogens with zero attached hydrogens (tertiary/aromatic N) is 1. The van der Waals surface area contributed by atoms with Crippen LogP contribution in [0, 0.1) is 6.92 Å². The summed E-state index contributed by atoms with van der Waals surface area (Å²) in [6.07, 6.45) is 1.84. The average Bonchev–Trinajstić information content (AvgIpc) is 2.18. The second kappa shape index (κ2) is 3.77. The van der Waals surface area contributed by atoms with Crippen LogP contribution >= 0.6 is 0 Å². The summed E-state index contributed by atoms with van der Waals surface area (Å²) >= 11 is 0. The molecule has 1 aromatic heterocycles. The Morgan fingerprint density at radius 3 is 2.88 bits per heavy atom. The highest BCUT2D eigenvalue weighted by atomic mass is 32.2. The van der Waals surface area contributed by atoms with Crippen LogP contribution in [-0.2, 0) is 9.52 Å². The first-order chi connectivity index (χ1) is 7.43. The van der Waals surface area contributed by atoms with Gasteiger partial charge in [0, 0.05) is 28.0 Å². The van der Waals surface area contributed by atoms with E-state index in [2.05, 4.69) is 36.9 Å². The molecule has 0 fully saturated rings. The Kier molecular flexibility index (Phi) is 2.70. The third-order valence-corrected chi connectivity index (χ3v) is 4.93. The monoisotopic (exact) mass is 238 g/mol. The van der Waals surface area contributed by atoms with E-state index in [1.54, 1.807) is 0 Å². The first kappa shape index (κ1) is 11.5. The number of fused-ring (bicyclic) bond motifs is 1. The van der Waals surface area contributed by atoms with Crippen molar-refractivity contribution in [3.63, 3.8) is 0 Å². The van der Waals surface area contributed by atoms with Gasteiger partial charge in [0.2, 0.25) is 0 Å². The Hall–Kier alpha value is -1.03. The van der Waals surface area contributed by atoms with Gasteiger partial charge in [-0.15, -0.1) is 0 Å². The van der Waals surface area contributed by atoms with Crippen LogP contribution in [0.1, 0.15) is 30.9 Å². The largest absolute Gasteiger partial charge is 0.382 e. The second-order valence-electron chi connectivity index (χ2n) is 4.62. The van der Waals surface area contributed by atoms with Gasteiger partial charge in [0.15, 0.2) is 0 Å². The molecular weight excluding hydrogens is 220 g/mol. The summed E-state index contributed by atoms with van der Waals surface area (Å²) in [5, 5.41) is 3.95. The lowest BCUT2D eigenvalue weighted by molar-refractivity contribution is 0.676. The molecule has 0 radical (unpaired) electrons. The fourth-order valence-electron chi connectivity index (χ4n) is 2.10. The fourth-order valence-corrected chi connectivity index (χ4v) is 3.57. The summed E-state index contributed by atoms with van der Waals surface area (Å²) in [4.78, 5) is 4.35. The van der Waals surface area contributed by atoms with Gasteiger partial charge in [-0.3, -0.25) is 4.21 Å². The molecule has 0 saturated heterocycles. The van der Waals surface area contributed by atoms with Crippen molar-refractivity contribution in [3.05, 3.63) is 17.3 Å². The smallest absolute Gasteiger partial charge is 0.142 e. The number of anilines is 1. The molecule has 0 amide bonds. The van der Waals surface area contributed by atoms with Crippen molar-refractivity contribution in [2.24, 2.45) is 0 Å². The Morgan fingerprint density at radius 1 is 1.56 bits per heavy atom. The van der Waals surface area contributed by atoms with E-state index in [1.807, 2.05) is 6.20 Å². The molecule has 1 aromatic rings. The Labute approximate surface area is 97.3 Å². The summed E-state index contributed by atoms with van der Waals surface area (Å²) < 4.78 is 12.2. The molecule has 1 unspecified atom stereocenters. The van der Waals surface area contributed by atoms with Crippen molar-refractivity contribution >= 4 is 21.1 Å². The first-order valence-electron chi connectivity index (χ1n) is 5.52. The van der Waals surface area contributed by atoms with Crippen LogP contribution in [0.25, 0.3) is 0 Å². The Balaban J connectivity index is 2.67. The lowest BCUT2D eigenvalue weighted by atomic mass is 9.99. The van der Waals surface area contributed by atoms with Gasteiger partial charge in [-0.2, -0.15) is 0 Å². The predicted molar refractivity (Wildman–Crippen MR) is 69.9 cm³/mol. The van der Waals surface area contributed by atoms with Gasteiger partial charge in [-0.25, -0.2) is 4.98 Å². The lowest BCUT2D eigenvalue weighted by Gasteiger charge is -2.24. The van der Waals surface area contributed by atoms with Crippen LogP contribution in [0.5, 0.6) is 0 Å². The van der Waals surface area contributed by atoms with Crippen molar-refractivity contribution in [2.45, 2.75) is 31.7 Å². The highest BCUT2D eigenvalue weighted by Gasteiger charge is 2.23. The number of hydrogen-bond acceptors (Lipinski definition) is 3. The van der Waals surface area contributed by atoms with Crippen molar-refractivity contribution < 1.29 is 4.21 Å². The minimum absolute atomic E-state index is 0.433. The molecule has 16 heavy (non-hydrogen) atoms. The number of hydrogen-bond donors (Lipinski definition) is 1. The third kappa shape index (κ3) is 1.71. The van der Waals surface area contributed by atoms with Gasteiger partial charge in [0.25, 0.3) is 0 Å². The Morgan fingerprint density at radius 2 is 2.25 bits per heavy atom. The minimum atomic E-state index is -2.18. The number of rotatable bonds is 1. The molecule has 1 N–H and O–H groups in total. The van der Waals surface area contributed by atoms with Crippen molar-refractivity contribution in [2.75, 3.05) is 17.6 Å². The quantitative estimate of drug-likeness (QED) is 0.761. The zero-order valence-corrected chi connectivity index (χ0v) is 10.9. The normalized spacial score (nSPS) is 24.0. The summed E-state index contributed by atoms with van der Waals surface area (Å²) in [6.45, 7) is 7.06.